The van der Waals surface area contributed by atoms with Crippen molar-refractivity contribution in [3.8, 4) is 0 Å². The number of carbonyl (C=O) groups is 1. The summed E-state index contributed by atoms with van der Waals surface area (Å²) in [7, 11) is 0. The quantitative estimate of drug-likeness (QED) is 0.888. The topological polar surface area (TPSA) is 80.5 Å². The van der Waals surface area contributed by atoms with Crippen LogP contribution in [-0.2, 0) is 4.74 Å². The second-order valence-electron chi connectivity index (χ2n) is 7.08. The number of nitrogens with two attached hydrogens (primary N) is 1. The molecular weight excluding hydrogens is 292 g/mol. The first kappa shape index (κ1) is 17.5. The standard InChI is InChI=1S/C17H28N4O2/c1-17(2,3)23-16(22)20-12-15(18)13-6-10-21(11-7-13)14-4-8-19-9-5-14/h4-5,8-9,13,15H,6-7,10-12,18H2,1-3H3,(H,20,22). The maximum Gasteiger partial charge on any atom is 0.407 e. The van der Waals surface area contributed by atoms with Gasteiger partial charge in [-0.2, -0.15) is 0 Å². The number of hydrogen-bond acceptors (Lipinski definition) is 5. The van der Waals surface area contributed by atoms with Gasteiger partial charge in [0.15, 0.2) is 0 Å². The van der Waals surface area contributed by atoms with Crippen LogP contribution in [-0.4, -0.2) is 42.4 Å². The Labute approximate surface area is 138 Å². The smallest absolute Gasteiger partial charge is 0.407 e. The number of nitrogens with one attached hydrogen (secondary N) is 1. The molecule has 1 aromatic heterocycles. The average molecular weight is 320 g/mol. The van der Waals surface area contributed by atoms with Crippen LogP contribution in [0.3, 0.4) is 0 Å². The van der Waals surface area contributed by atoms with Crippen molar-refractivity contribution >= 4 is 11.8 Å². The summed E-state index contributed by atoms with van der Waals surface area (Å²) in [4.78, 5) is 18.1. The average Bonchev–Trinajstić information content (AvgIpc) is 2.52. The third kappa shape index (κ3) is 5.71. The fraction of sp³-hybridized carbons (Fsp3) is 0.647. The molecule has 128 valence electrons. The Morgan fingerprint density at radius 2 is 2.00 bits per heavy atom. The van der Waals surface area contributed by atoms with Gasteiger partial charge in [0.25, 0.3) is 0 Å². The Balaban J connectivity index is 1.73. The van der Waals surface area contributed by atoms with Gasteiger partial charge in [0.2, 0.25) is 0 Å². The first-order valence-electron chi connectivity index (χ1n) is 8.22. The normalized spacial score (nSPS) is 17.7. The number of aromatic nitrogens is 1. The lowest BCUT2D eigenvalue weighted by molar-refractivity contribution is 0.0520. The molecule has 1 saturated heterocycles. The van der Waals surface area contributed by atoms with E-state index in [1.54, 1.807) is 0 Å². The molecule has 1 atom stereocenters. The van der Waals surface area contributed by atoms with Crippen molar-refractivity contribution in [2.24, 2.45) is 11.7 Å². The highest BCUT2D eigenvalue weighted by Gasteiger charge is 2.25. The first-order chi connectivity index (χ1) is 10.8. The fourth-order valence-electron chi connectivity index (χ4n) is 2.82. The molecule has 2 rings (SSSR count). The van der Waals surface area contributed by atoms with Crippen LogP contribution in [0.1, 0.15) is 33.6 Å². The molecule has 1 fully saturated rings. The Kier molecular flexibility index (Phi) is 5.82. The molecule has 0 bridgehead atoms. The van der Waals surface area contributed by atoms with Gasteiger partial charge >= 0.3 is 6.09 Å². The SMILES string of the molecule is CC(C)(C)OC(=O)NCC(N)C1CCN(c2ccncc2)CC1. The van der Waals surface area contributed by atoms with Crippen LogP contribution in [0.25, 0.3) is 0 Å². The highest BCUT2D eigenvalue weighted by molar-refractivity contribution is 5.67. The summed E-state index contributed by atoms with van der Waals surface area (Å²) in [6.45, 7) is 7.96. The van der Waals surface area contributed by atoms with Crippen LogP contribution in [0.4, 0.5) is 10.5 Å². The summed E-state index contributed by atoms with van der Waals surface area (Å²) in [6.07, 6.45) is 5.29. The second kappa shape index (κ2) is 7.64. The Morgan fingerprint density at radius 3 is 2.57 bits per heavy atom. The van der Waals surface area contributed by atoms with Gasteiger partial charge in [0.05, 0.1) is 0 Å². The number of piperidine rings is 1. The number of carbonyl (C=O) groups excluding carboxylic acids is 1. The van der Waals surface area contributed by atoms with E-state index in [4.69, 9.17) is 10.5 Å². The maximum absolute atomic E-state index is 11.7. The molecule has 1 aliphatic rings. The highest BCUT2D eigenvalue weighted by Crippen LogP contribution is 2.24. The van der Waals surface area contributed by atoms with Crippen molar-refractivity contribution in [2.75, 3.05) is 24.5 Å². The molecular formula is C17H28N4O2. The summed E-state index contributed by atoms with van der Waals surface area (Å²) < 4.78 is 5.23. The maximum atomic E-state index is 11.7. The van der Waals surface area contributed by atoms with Crippen molar-refractivity contribution in [2.45, 2.75) is 45.3 Å². The van der Waals surface area contributed by atoms with E-state index in [0.29, 0.717) is 12.5 Å². The summed E-state index contributed by atoms with van der Waals surface area (Å²) in [5.74, 6) is 0.419. The number of amides is 1. The van der Waals surface area contributed by atoms with Crippen molar-refractivity contribution in [1.29, 1.82) is 0 Å². The van der Waals surface area contributed by atoms with E-state index < -0.39 is 11.7 Å². The number of pyridine rings is 1. The zero-order valence-electron chi connectivity index (χ0n) is 14.3. The minimum atomic E-state index is -0.482. The number of anilines is 1. The van der Waals surface area contributed by atoms with Crippen LogP contribution < -0.4 is 16.0 Å². The summed E-state index contributed by atoms with van der Waals surface area (Å²) in [5.41, 5.74) is 6.97. The number of ether oxygens (including phenoxy) is 1. The largest absolute Gasteiger partial charge is 0.444 e. The molecule has 1 amide bonds. The van der Waals surface area contributed by atoms with Crippen molar-refractivity contribution < 1.29 is 9.53 Å². The van der Waals surface area contributed by atoms with E-state index in [1.165, 1.54) is 5.69 Å². The molecule has 0 radical (unpaired) electrons. The van der Waals surface area contributed by atoms with Crippen molar-refractivity contribution in [1.82, 2.24) is 10.3 Å². The van der Waals surface area contributed by atoms with Gasteiger partial charge in [0, 0.05) is 43.8 Å². The molecule has 6 nitrogen and oxygen atoms in total. The molecule has 0 saturated carbocycles. The molecule has 0 aromatic carbocycles. The zero-order chi connectivity index (χ0) is 16.9. The van der Waals surface area contributed by atoms with Gasteiger partial charge in [-0.1, -0.05) is 0 Å². The minimum Gasteiger partial charge on any atom is -0.444 e. The Morgan fingerprint density at radius 1 is 1.39 bits per heavy atom. The third-order valence-corrected chi connectivity index (χ3v) is 4.05. The molecule has 0 aliphatic carbocycles. The summed E-state index contributed by atoms with van der Waals surface area (Å²) in [6, 6.07) is 4.02. The molecule has 3 N–H and O–H groups in total. The number of nitrogens with zero attached hydrogens (tertiary/aromatic N) is 2. The molecule has 1 aromatic rings. The number of rotatable bonds is 4. The van der Waals surface area contributed by atoms with Crippen molar-refractivity contribution in [3.63, 3.8) is 0 Å². The van der Waals surface area contributed by atoms with E-state index >= 15 is 0 Å². The summed E-state index contributed by atoms with van der Waals surface area (Å²) in [5, 5.41) is 2.77. The lowest BCUT2D eigenvalue weighted by Crippen LogP contribution is -2.47. The van der Waals surface area contributed by atoms with Gasteiger partial charge in [-0.05, 0) is 51.7 Å². The second-order valence-corrected chi connectivity index (χ2v) is 7.08. The molecule has 6 heteroatoms. The predicted molar refractivity (Wildman–Crippen MR) is 91.4 cm³/mol. The van der Waals surface area contributed by atoms with Gasteiger partial charge in [-0.3, -0.25) is 4.98 Å². The number of alkyl carbamates (subject to hydrolysis) is 1. The Bertz CT molecular complexity index is 493. The molecule has 1 unspecified atom stereocenters. The van der Waals surface area contributed by atoms with Gasteiger partial charge < -0.3 is 20.7 Å². The van der Waals surface area contributed by atoms with Crippen LogP contribution in [0.2, 0.25) is 0 Å². The first-order valence-corrected chi connectivity index (χ1v) is 8.22. The van der Waals surface area contributed by atoms with E-state index in [-0.39, 0.29) is 6.04 Å². The number of hydrogen-bond donors (Lipinski definition) is 2. The lowest BCUT2D eigenvalue weighted by atomic mass is 9.89. The fourth-order valence-corrected chi connectivity index (χ4v) is 2.82. The zero-order valence-corrected chi connectivity index (χ0v) is 14.3. The van der Waals surface area contributed by atoms with Crippen LogP contribution in [0.15, 0.2) is 24.5 Å². The summed E-state index contributed by atoms with van der Waals surface area (Å²) >= 11 is 0. The lowest BCUT2D eigenvalue weighted by Gasteiger charge is -2.36. The molecule has 0 spiro atoms. The van der Waals surface area contributed by atoms with E-state index in [2.05, 4.69) is 15.2 Å². The minimum absolute atomic E-state index is 0.0397. The molecule has 23 heavy (non-hydrogen) atoms. The third-order valence-electron chi connectivity index (χ3n) is 4.05. The van der Waals surface area contributed by atoms with Gasteiger partial charge in [-0.15, -0.1) is 0 Å². The monoisotopic (exact) mass is 320 g/mol. The molecule has 2 heterocycles. The Hall–Kier alpha value is -1.82. The van der Waals surface area contributed by atoms with Crippen LogP contribution >= 0.6 is 0 Å². The highest BCUT2D eigenvalue weighted by atomic mass is 16.6. The van der Waals surface area contributed by atoms with E-state index in [9.17, 15) is 4.79 Å². The predicted octanol–water partition coefficient (Wildman–Crippen LogP) is 2.15. The van der Waals surface area contributed by atoms with Crippen LogP contribution in [0.5, 0.6) is 0 Å². The van der Waals surface area contributed by atoms with Crippen LogP contribution in [0, 0.1) is 5.92 Å². The van der Waals surface area contributed by atoms with Crippen molar-refractivity contribution in [3.05, 3.63) is 24.5 Å². The molecule has 1 aliphatic heterocycles. The van der Waals surface area contributed by atoms with Gasteiger partial charge in [-0.25, -0.2) is 4.79 Å². The van der Waals surface area contributed by atoms with E-state index in [0.717, 1.165) is 25.9 Å². The van der Waals surface area contributed by atoms with E-state index in [1.807, 2.05) is 45.3 Å². The van der Waals surface area contributed by atoms with Gasteiger partial charge in [0.1, 0.15) is 5.60 Å².